The third-order valence-electron chi connectivity index (χ3n) is 5.51. The number of phenolic OH excluding ortho intramolecular Hbond substituents is 1. The van der Waals surface area contributed by atoms with Crippen LogP contribution in [-0.4, -0.2) is 77.7 Å². The lowest BCUT2D eigenvalue weighted by molar-refractivity contribution is -0.355. The van der Waals surface area contributed by atoms with E-state index in [9.17, 15) is 24.9 Å². The Morgan fingerprint density at radius 1 is 1.33 bits per heavy atom. The number of carbonyl (C=O) groups is 2. The topological polar surface area (TPSA) is 144 Å². The van der Waals surface area contributed by atoms with E-state index in [1.807, 2.05) is 13.8 Å². The summed E-state index contributed by atoms with van der Waals surface area (Å²) in [5.74, 6) is -3.14. The van der Waals surface area contributed by atoms with Crippen molar-refractivity contribution in [1.82, 2.24) is 5.32 Å². The molecule has 5 unspecified atom stereocenters. The fourth-order valence-corrected chi connectivity index (χ4v) is 4.04. The van der Waals surface area contributed by atoms with Crippen LogP contribution < -0.4 is 10.1 Å². The van der Waals surface area contributed by atoms with Gasteiger partial charge in [0.1, 0.15) is 12.2 Å². The summed E-state index contributed by atoms with van der Waals surface area (Å²) in [5.41, 5.74) is 0.870. The van der Waals surface area contributed by atoms with Crippen molar-refractivity contribution in [3.8, 4) is 11.5 Å². The second-order valence-corrected chi connectivity index (χ2v) is 8.72. The SMILES string of the molecule is COc1cc(C=C(CC(C)C)C(=O)OC2C(OC(C)=O)C(O)C3CNCC2(O)O3)ccc1O. The average molecular weight is 465 g/mol. The molecule has 10 heteroatoms. The lowest BCUT2D eigenvalue weighted by atomic mass is 9.89. The van der Waals surface area contributed by atoms with Crippen molar-refractivity contribution < 1.29 is 43.9 Å². The number of rotatable bonds is 7. The highest BCUT2D eigenvalue weighted by Crippen LogP contribution is 2.35. The highest BCUT2D eigenvalue weighted by molar-refractivity contribution is 5.94. The molecular weight excluding hydrogens is 434 g/mol. The van der Waals surface area contributed by atoms with E-state index >= 15 is 0 Å². The van der Waals surface area contributed by atoms with Crippen LogP contribution in [-0.2, 0) is 23.8 Å². The van der Waals surface area contributed by atoms with Crippen LogP contribution in [0.2, 0.25) is 0 Å². The maximum Gasteiger partial charge on any atom is 0.334 e. The molecule has 2 aliphatic heterocycles. The van der Waals surface area contributed by atoms with E-state index < -0.39 is 42.1 Å². The van der Waals surface area contributed by atoms with Crippen LogP contribution >= 0.6 is 0 Å². The summed E-state index contributed by atoms with van der Waals surface area (Å²) in [6, 6.07) is 4.63. The zero-order chi connectivity index (χ0) is 24.3. The van der Waals surface area contributed by atoms with Crippen molar-refractivity contribution >= 4 is 18.0 Å². The van der Waals surface area contributed by atoms with Gasteiger partial charge in [-0.15, -0.1) is 0 Å². The molecule has 33 heavy (non-hydrogen) atoms. The number of hydrogen-bond acceptors (Lipinski definition) is 10. The van der Waals surface area contributed by atoms with Crippen molar-refractivity contribution in [2.45, 2.75) is 57.4 Å². The van der Waals surface area contributed by atoms with Crippen LogP contribution in [0.15, 0.2) is 23.8 Å². The number of nitrogens with one attached hydrogen (secondary N) is 1. The van der Waals surface area contributed by atoms with Crippen LogP contribution in [0.4, 0.5) is 0 Å². The van der Waals surface area contributed by atoms with Gasteiger partial charge < -0.3 is 39.6 Å². The Morgan fingerprint density at radius 3 is 2.70 bits per heavy atom. The molecule has 1 aromatic rings. The summed E-state index contributed by atoms with van der Waals surface area (Å²) in [6.45, 7) is 5.18. The average Bonchev–Trinajstić information content (AvgIpc) is 2.74. The molecule has 3 rings (SSSR count). The van der Waals surface area contributed by atoms with Gasteiger partial charge in [-0.25, -0.2) is 4.79 Å². The molecule has 1 aromatic carbocycles. The Kier molecular flexibility index (Phi) is 7.63. The summed E-state index contributed by atoms with van der Waals surface area (Å²) in [7, 11) is 1.42. The van der Waals surface area contributed by atoms with E-state index in [4.69, 9.17) is 18.9 Å². The number of fused-ring (bicyclic) bond motifs is 2. The van der Waals surface area contributed by atoms with Gasteiger partial charge >= 0.3 is 11.9 Å². The molecule has 0 aliphatic carbocycles. The maximum absolute atomic E-state index is 13.2. The Hall–Kier alpha value is -2.66. The first-order chi connectivity index (χ1) is 15.5. The minimum atomic E-state index is -1.98. The summed E-state index contributed by atoms with van der Waals surface area (Å²) in [4.78, 5) is 24.9. The number of methoxy groups -OCH3 is 1. The first kappa shape index (κ1) is 25.0. The third-order valence-corrected chi connectivity index (χ3v) is 5.51. The number of esters is 2. The van der Waals surface area contributed by atoms with Crippen molar-refractivity contribution in [2.75, 3.05) is 20.2 Å². The van der Waals surface area contributed by atoms with Gasteiger partial charge in [-0.1, -0.05) is 19.9 Å². The highest BCUT2D eigenvalue weighted by Gasteiger charge is 2.59. The zero-order valence-electron chi connectivity index (χ0n) is 19.1. The van der Waals surface area contributed by atoms with E-state index in [1.165, 1.54) is 20.1 Å². The number of carbonyl (C=O) groups excluding carboxylic acids is 2. The van der Waals surface area contributed by atoms with Crippen LogP contribution in [0.3, 0.4) is 0 Å². The molecule has 2 aliphatic rings. The quantitative estimate of drug-likeness (QED) is 0.336. The lowest BCUT2D eigenvalue weighted by Gasteiger charge is -2.51. The van der Waals surface area contributed by atoms with Gasteiger partial charge in [-0.2, -0.15) is 0 Å². The van der Waals surface area contributed by atoms with Crippen molar-refractivity contribution in [1.29, 1.82) is 0 Å². The number of hydrogen-bond donors (Lipinski definition) is 4. The molecule has 0 aromatic heterocycles. The molecule has 2 heterocycles. The van der Waals surface area contributed by atoms with Crippen molar-refractivity contribution in [3.05, 3.63) is 29.3 Å². The van der Waals surface area contributed by atoms with Crippen molar-refractivity contribution in [2.24, 2.45) is 5.92 Å². The molecule has 5 atom stereocenters. The van der Waals surface area contributed by atoms with E-state index in [2.05, 4.69) is 5.32 Å². The second-order valence-electron chi connectivity index (χ2n) is 8.72. The van der Waals surface area contributed by atoms with Crippen LogP contribution in [0.25, 0.3) is 6.08 Å². The maximum atomic E-state index is 13.2. The third kappa shape index (κ3) is 5.64. The van der Waals surface area contributed by atoms with Gasteiger partial charge in [0.25, 0.3) is 0 Å². The van der Waals surface area contributed by atoms with E-state index in [0.717, 1.165) is 0 Å². The predicted molar refractivity (Wildman–Crippen MR) is 116 cm³/mol. The Morgan fingerprint density at radius 2 is 2.06 bits per heavy atom. The van der Waals surface area contributed by atoms with Crippen LogP contribution in [0.1, 0.15) is 32.8 Å². The molecule has 182 valence electrons. The number of β-amino-alcohol motifs (C(OH)–C–C–N with tert-alkyl or cyclic N) is 1. The summed E-state index contributed by atoms with van der Waals surface area (Å²) >= 11 is 0. The van der Waals surface area contributed by atoms with Gasteiger partial charge in [-0.3, -0.25) is 4.79 Å². The first-order valence-corrected chi connectivity index (χ1v) is 10.8. The number of phenols is 1. The highest BCUT2D eigenvalue weighted by atomic mass is 16.7. The van der Waals surface area contributed by atoms with E-state index in [1.54, 1.807) is 18.2 Å². The molecule has 2 fully saturated rings. The minimum absolute atomic E-state index is 0.0400. The normalized spacial score (nSPS) is 29.5. The minimum Gasteiger partial charge on any atom is -0.504 e. The standard InChI is InChI=1S/C23H31NO9/c1-12(2)7-15(8-14-5-6-16(26)17(9-14)30-4)22(28)32-21-20(31-13(3)25)19(27)18-10-24-11-23(21,29)33-18/h5-6,8-9,12,18-21,24,26-27,29H,7,10-11H2,1-4H3. The van der Waals surface area contributed by atoms with E-state index in [0.29, 0.717) is 12.0 Å². The number of morpholine rings is 1. The molecule has 0 radical (unpaired) electrons. The predicted octanol–water partition coefficient (Wildman–Crippen LogP) is 0.725. The Labute approximate surface area is 192 Å². The molecule has 0 saturated carbocycles. The van der Waals surface area contributed by atoms with Gasteiger partial charge in [0.2, 0.25) is 5.79 Å². The smallest absolute Gasteiger partial charge is 0.334 e. The first-order valence-electron chi connectivity index (χ1n) is 10.8. The zero-order valence-corrected chi connectivity index (χ0v) is 19.1. The largest absolute Gasteiger partial charge is 0.504 e. The summed E-state index contributed by atoms with van der Waals surface area (Å²) in [5, 5.41) is 34.4. The molecule has 2 saturated heterocycles. The molecule has 2 bridgehead atoms. The van der Waals surface area contributed by atoms with Gasteiger partial charge in [-0.05, 0) is 36.1 Å². The fourth-order valence-electron chi connectivity index (χ4n) is 4.04. The van der Waals surface area contributed by atoms with Gasteiger partial charge in [0, 0.05) is 19.0 Å². The van der Waals surface area contributed by atoms with Gasteiger partial charge in [0.15, 0.2) is 23.7 Å². The summed E-state index contributed by atoms with van der Waals surface area (Å²) < 4.78 is 21.6. The van der Waals surface area contributed by atoms with Crippen LogP contribution in [0.5, 0.6) is 11.5 Å². The Balaban J connectivity index is 1.92. The lowest BCUT2D eigenvalue weighted by Crippen LogP contribution is -2.73. The number of aliphatic hydroxyl groups excluding tert-OH is 1. The number of benzene rings is 1. The molecule has 0 amide bonds. The van der Waals surface area contributed by atoms with Crippen LogP contribution in [0, 0.1) is 5.92 Å². The van der Waals surface area contributed by atoms with Crippen molar-refractivity contribution in [3.63, 3.8) is 0 Å². The molecule has 10 nitrogen and oxygen atoms in total. The Bertz CT molecular complexity index is 915. The van der Waals surface area contributed by atoms with Gasteiger partial charge in [0.05, 0.1) is 13.7 Å². The second kappa shape index (κ2) is 10.1. The number of aromatic hydroxyl groups is 1. The summed E-state index contributed by atoms with van der Waals surface area (Å²) in [6.07, 6.45) is -2.96. The number of ether oxygens (including phenoxy) is 4. The monoisotopic (exact) mass is 465 g/mol. The molecule has 4 N–H and O–H groups in total. The van der Waals surface area contributed by atoms with E-state index in [-0.39, 0.29) is 36.1 Å². The molecule has 0 spiro atoms. The fraction of sp³-hybridized carbons (Fsp3) is 0.565. The number of aliphatic hydroxyl groups is 2. The molecular formula is C23H31NO9.